The SMILES string of the molecule is C=CC(=O)N1[C@H](c2nc(-c3ccc(C(=O)Nc4ccccn4)cc3)c3c(N)nccn23)[C@H](C)CC[C@@H]1C. The van der Waals surface area contributed by atoms with Crippen LogP contribution in [0.5, 0.6) is 0 Å². The Balaban J connectivity index is 1.56. The molecule has 1 saturated heterocycles. The zero-order chi connectivity index (χ0) is 26.1. The first kappa shape index (κ1) is 24.2. The van der Waals surface area contributed by atoms with Gasteiger partial charge < -0.3 is 16.0 Å². The van der Waals surface area contributed by atoms with Gasteiger partial charge in [0.2, 0.25) is 5.91 Å². The molecule has 0 bridgehead atoms. The van der Waals surface area contributed by atoms with Gasteiger partial charge in [-0.3, -0.25) is 14.0 Å². The Morgan fingerprint density at radius 1 is 1.08 bits per heavy atom. The number of rotatable bonds is 5. The molecule has 3 N–H and O–H groups in total. The number of nitrogen functional groups attached to an aromatic ring is 1. The third-order valence-corrected chi connectivity index (χ3v) is 6.98. The topological polar surface area (TPSA) is 119 Å². The molecule has 9 heteroatoms. The Labute approximate surface area is 215 Å². The number of aromatic nitrogens is 4. The minimum atomic E-state index is -0.259. The number of likely N-dealkylation sites (tertiary alicyclic amines) is 1. The fraction of sp³-hybridized carbons (Fsp3) is 0.250. The molecule has 0 unspecified atom stereocenters. The monoisotopic (exact) mass is 495 g/mol. The summed E-state index contributed by atoms with van der Waals surface area (Å²) < 4.78 is 1.93. The number of hydrogen-bond donors (Lipinski definition) is 2. The highest BCUT2D eigenvalue weighted by Gasteiger charge is 2.39. The van der Waals surface area contributed by atoms with Crippen LogP contribution in [0.4, 0.5) is 11.6 Å². The molecule has 0 saturated carbocycles. The number of fused-ring (bicyclic) bond motifs is 1. The molecule has 37 heavy (non-hydrogen) atoms. The highest BCUT2D eigenvalue weighted by Crippen LogP contribution is 2.41. The molecule has 0 spiro atoms. The smallest absolute Gasteiger partial charge is 0.256 e. The average molecular weight is 496 g/mol. The first-order valence-electron chi connectivity index (χ1n) is 12.3. The van der Waals surface area contributed by atoms with E-state index >= 15 is 0 Å². The largest absolute Gasteiger partial charge is 0.382 e. The fourth-order valence-corrected chi connectivity index (χ4v) is 5.09. The molecule has 2 amide bonds. The molecule has 1 aromatic carbocycles. The number of nitrogens with zero attached hydrogens (tertiary/aromatic N) is 5. The first-order chi connectivity index (χ1) is 17.9. The lowest BCUT2D eigenvalue weighted by molar-refractivity contribution is -0.134. The number of nitrogens with one attached hydrogen (secondary N) is 1. The predicted molar refractivity (Wildman–Crippen MR) is 143 cm³/mol. The third kappa shape index (κ3) is 4.44. The molecule has 4 heterocycles. The predicted octanol–water partition coefficient (Wildman–Crippen LogP) is 4.50. The van der Waals surface area contributed by atoms with E-state index in [0.717, 1.165) is 24.2 Å². The molecular weight excluding hydrogens is 466 g/mol. The number of hydrogen-bond acceptors (Lipinski definition) is 6. The molecule has 0 radical (unpaired) electrons. The van der Waals surface area contributed by atoms with Gasteiger partial charge in [0, 0.05) is 35.8 Å². The molecule has 1 aliphatic heterocycles. The van der Waals surface area contributed by atoms with Crippen molar-refractivity contribution in [3.05, 3.63) is 85.1 Å². The summed E-state index contributed by atoms with van der Waals surface area (Å²) in [6.07, 6.45) is 8.34. The lowest BCUT2D eigenvalue weighted by Gasteiger charge is -2.43. The van der Waals surface area contributed by atoms with Gasteiger partial charge in [-0.25, -0.2) is 15.0 Å². The summed E-state index contributed by atoms with van der Waals surface area (Å²) in [6, 6.07) is 12.3. The summed E-state index contributed by atoms with van der Waals surface area (Å²) >= 11 is 0. The normalized spacial score (nSPS) is 19.5. The van der Waals surface area contributed by atoms with Crippen molar-refractivity contribution in [2.24, 2.45) is 5.92 Å². The standard InChI is InChI=1S/C28H29N7O2/c1-4-22(36)35-18(3)9-8-17(2)24(35)27-33-23(25-26(29)31-15-16-34(25)27)19-10-12-20(13-11-19)28(37)32-21-7-5-6-14-30-21/h4-7,10-18,24H,1,8-9H2,2-3H3,(H2,29,31)(H,30,32,37)/t17-,18+,24+/m1/s1. The van der Waals surface area contributed by atoms with E-state index in [1.807, 2.05) is 33.7 Å². The van der Waals surface area contributed by atoms with Gasteiger partial charge in [0.05, 0.1) is 6.04 Å². The van der Waals surface area contributed by atoms with Crippen LogP contribution in [0.15, 0.2) is 73.7 Å². The Morgan fingerprint density at radius 2 is 1.86 bits per heavy atom. The van der Waals surface area contributed by atoms with E-state index in [-0.39, 0.29) is 29.8 Å². The van der Waals surface area contributed by atoms with E-state index in [9.17, 15) is 9.59 Å². The summed E-state index contributed by atoms with van der Waals surface area (Å²) in [7, 11) is 0. The second-order valence-corrected chi connectivity index (χ2v) is 9.39. The van der Waals surface area contributed by atoms with Crippen LogP contribution >= 0.6 is 0 Å². The number of carbonyl (C=O) groups excluding carboxylic acids is 2. The van der Waals surface area contributed by atoms with Gasteiger partial charge in [-0.15, -0.1) is 0 Å². The molecule has 3 atom stereocenters. The number of carbonyl (C=O) groups is 2. The van der Waals surface area contributed by atoms with E-state index in [4.69, 9.17) is 10.7 Å². The Hall–Kier alpha value is -4.53. The summed E-state index contributed by atoms with van der Waals surface area (Å²) in [4.78, 5) is 41.0. The number of pyridine rings is 1. The third-order valence-electron chi connectivity index (χ3n) is 6.98. The van der Waals surface area contributed by atoms with E-state index < -0.39 is 0 Å². The first-order valence-corrected chi connectivity index (χ1v) is 12.3. The van der Waals surface area contributed by atoms with Crippen molar-refractivity contribution in [2.75, 3.05) is 11.1 Å². The van der Waals surface area contributed by atoms with Gasteiger partial charge in [-0.1, -0.05) is 31.7 Å². The van der Waals surface area contributed by atoms with Crippen molar-refractivity contribution in [3.8, 4) is 11.3 Å². The van der Waals surface area contributed by atoms with Crippen molar-refractivity contribution in [1.82, 2.24) is 24.3 Å². The highest BCUT2D eigenvalue weighted by atomic mass is 16.2. The van der Waals surface area contributed by atoms with Gasteiger partial charge in [0.1, 0.15) is 28.7 Å². The summed E-state index contributed by atoms with van der Waals surface area (Å²) in [5, 5.41) is 2.79. The van der Waals surface area contributed by atoms with E-state index in [0.29, 0.717) is 28.4 Å². The van der Waals surface area contributed by atoms with Crippen molar-refractivity contribution in [1.29, 1.82) is 0 Å². The van der Waals surface area contributed by atoms with Crippen molar-refractivity contribution >= 4 is 29.0 Å². The maximum atomic E-state index is 12.9. The van der Waals surface area contributed by atoms with Gasteiger partial charge >= 0.3 is 0 Å². The van der Waals surface area contributed by atoms with E-state index in [1.54, 1.807) is 36.7 Å². The van der Waals surface area contributed by atoms with Crippen LogP contribution in [-0.2, 0) is 4.79 Å². The maximum Gasteiger partial charge on any atom is 0.256 e. The second kappa shape index (κ2) is 9.85. The quantitative estimate of drug-likeness (QED) is 0.394. The van der Waals surface area contributed by atoms with Crippen molar-refractivity contribution < 1.29 is 9.59 Å². The number of nitrogens with two attached hydrogens (primary N) is 1. The number of anilines is 2. The molecule has 3 aromatic heterocycles. The van der Waals surface area contributed by atoms with Crippen LogP contribution in [-0.4, -0.2) is 42.1 Å². The number of amides is 2. The highest BCUT2D eigenvalue weighted by molar-refractivity contribution is 6.04. The fourth-order valence-electron chi connectivity index (χ4n) is 5.09. The van der Waals surface area contributed by atoms with Gasteiger partial charge in [0.25, 0.3) is 5.91 Å². The lowest BCUT2D eigenvalue weighted by atomic mass is 9.86. The summed E-state index contributed by atoms with van der Waals surface area (Å²) in [6.45, 7) is 7.91. The van der Waals surface area contributed by atoms with E-state index in [2.05, 4.69) is 35.7 Å². The van der Waals surface area contributed by atoms with Crippen LogP contribution in [0.25, 0.3) is 16.8 Å². The molecule has 0 aliphatic carbocycles. The van der Waals surface area contributed by atoms with Crippen LogP contribution in [0, 0.1) is 5.92 Å². The molecular formula is C28H29N7O2. The lowest BCUT2D eigenvalue weighted by Crippen LogP contribution is -2.47. The number of piperidine rings is 1. The van der Waals surface area contributed by atoms with Crippen molar-refractivity contribution in [2.45, 2.75) is 38.8 Å². The van der Waals surface area contributed by atoms with Crippen LogP contribution in [0.3, 0.4) is 0 Å². The number of imidazole rings is 1. The van der Waals surface area contributed by atoms with Gasteiger partial charge in [0.15, 0.2) is 0 Å². The zero-order valence-corrected chi connectivity index (χ0v) is 20.8. The average Bonchev–Trinajstić information content (AvgIpc) is 3.30. The Kier molecular flexibility index (Phi) is 6.43. The summed E-state index contributed by atoms with van der Waals surface area (Å²) in [5.41, 5.74) is 8.93. The maximum absolute atomic E-state index is 12.9. The molecule has 1 fully saturated rings. The van der Waals surface area contributed by atoms with Gasteiger partial charge in [-0.05, 0) is 56.0 Å². The molecule has 9 nitrogen and oxygen atoms in total. The van der Waals surface area contributed by atoms with E-state index in [1.165, 1.54) is 6.08 Å². The molecule has 188 valence electrons. The minimum absolute atomic E-state index is 0.0542. The van der Waals surface area contributed by atoms with Crippen LogP contribution < -0.4 is 11.1 Å². The van der Waals surface area contributed by atoms with Gasteiger partial charge in [-0.2, -0.15) is 0 Å². The Bertz CT molecular complexity index is 1460. The zero-order valence-electron chi connectivity index (χ0n) is 20.8. The summed E-state index contributed by atoms with van der Waals surface area (Å²) in [5.74, 6) is 1.36. The molecule has 5 rings (SSSR count). The van der Waals surface area contributed by atoms with Crippen molar-refractivity contribution in [3.63, 3.8) is 0 Å². The molecule has 1 aliphatic rings. The number of benzene rings is 1. The minimum Gasteiger partial charge on any atom is -0.382 e. The van der Waals surface area contributed by atoms with Crippen LogP contribution in [0.1, 0.15) is 48.9 Å². The van der Waals surface area contributed by atoms with Crippen LogP contribution in [0.2, 0.25) is 0 Å². The Morgan fingerprint density at radius 3 is 2.57 bits per heavy atom. The second-order valence-electron chi connectivity index (χ2n) is 9.39. The molecule has 4 aromatic rings.